The van der Waals surface area contributed by atoms with E-state index in [-0.39, 0.29) is 49.0 Å². The zero-order valence-electron chi connectivity index (χ0n) is 39.4. The van der Waals surface area contributed by atoms with Gasteiger partial charge in [-0.1, -0.05) is 83.1 Å². The van der Waals surface area contributed by atoms with Crippen LogP contribution in [0.15, 0.2) is 43.5 Å². The molecule has 2 heterocycles. The van der Waals surface area contributed by atoms with Crippen molar-refractivity contribution in [1.82, 2.24) is 30.4 Å². The molecular weight excluding hydrogens is 908 g/mol. The van der Waals surface area contributed by atoms with E-state index in [1.807, 2.05) is 0 Å². The summed E-state index contributed by atoms with van der Waals surface area (Å²) in [5.41, 5.74) is 6.52. The Balaban J connectivity index is 0.0000106. The minimum Gasteiger partial charge on any atom is -1.00 e. The van der Waals surface area contributed by atoms with Crippen LogP contribution in [0.5, 0.6) is 0 Å². The minimum atomic E-state index is -3.88. The number of aromatic nitrogens is 4. The second-order valence-electron chi connectivity index (χ2n) is 17.5. The lowest BCUT2D eigenvalue weighted by atomic mass is 9.93. The summed E-state index contributed by atoms with van der Waals surface area (Å²) in [6.45, 7) is 12.3. The van der Waals surface area contributed by atoms with E-state index in [9.17, 15) is 9.59 Å². The Bertz CT molecular complexity index is 1640. The normalized spacial score (nSPS) is 11.5. The fraction of sp³-hybridized carbons (Fsp3) is 0.689. The van der Waals surface area contributed by atoms with Crippen molar-refractivity contribution in [2.75, 3.05) is 26.2 Å². The summed E-state index contributed by atoms with van der Waals surface area (Å²) in [7, 11) is -7.75. The molecule has 3 rings (SSSR count). The quantitative estimate of drug-likeness (QED) is 0.0190. The number of carbonyl (C=O) groups is 2. The van der Waals surface area contributed by atoms with Gasteiger partial charge in [-0.25, -0.2) is 27.9 Å². The highest BCUT2D eigenvalue weighted by Gasteiger charge is 2.26. The van der Waals surface area contributed by atoms with Crippen LogP contribution < -0.4 is 55.2 Å². The first-order valence-electron chi connectivity index (χ1n) is 23.7. The molecule has 0 atom stereocenters. The number of halogens is 2. The van der Waals surface area contributed by atoms with E-state index in [1.165, 1.54) is 27.8 Å². The molecule has 0 saturated heterocycles. The third kappa shape index (κ3) is 28.0. The molecule has 0 bridgehead atoms. The summed E-state index contributed by atoms with van der Waals surface area (Å²) < 4.78 is 8.78. The largest absolute Gasteiger partial charge is 1.00 e. The van der Waals surface area contributed by atoms with E-state index in [0.29, 0.717) is 39.0 Å². The lowest BCUT2D eigenvalue weighted by molar-refractivity contribution is -0.689. The molecule has 0 aliphatic carbocycles. The van der Waals surface area contributed by atoms with Crippen LogP contribution in [0.25, 0.3) is 0 Å². The molecule has 0 radical (unpaired) electrons. The van der Waals surface area contributed by atoms with Crippen LogP contribution in [0.4, 0.5) is 9.59 Å². The van der Waals surface area contributed by atoms with Gasteiger partial charge in [-0.15, -0.1) is 0 Å². The van der Waals surface area contributed by atoms with E-state index in [0.717, 1.165) is 129 Å². The molecule has 2 aromatic heterocycles. The Kier molecular flexibility index (Phi) is 30.8. The van der Waals surface area contributed by atoms with Gasteiger partial charge in [-0.05, 0) is 74.3 Å². The number of nitrogens with zero attached hydrogens (tertiary/aromatic N) is 4. The Labute approximate surface area is 402 Å². The molecule has 372 valence electrons. The summed E-state index contributed by atoms with van der Waals surface area (Å²) in [6, 6.07) is 2.29. The van der Waals surface area contributed by atoms with Gasteiger partial charge < -0.3 is 74.9 Å². The summed E-state index contributed by atoms with van der Waals surface area (Å²) in [5.74, 6) is 0. The second kappa shape index (κ2) is 33.4. The van der Waals surface area contributed by atoms with Gasteiger partial charge in [0, 0.05) is 51.1 Å². The third-order valence-electron chi connectivity index (χ3n) is 11.7. The summed E-state index contributed by atoms with van der Waals surface area (Å²) >= 11 is 0. The van der Waals surface area contributed by atoms with Gasteiger partial charge in [0.2, 0.25) is 12.7 Å². The highest BCUT2D eigenvalue weighted by Crippen LogP contribution is 2.22. The first kappa shape index (κ1) is 60.0. The standard InChI is InChI=1S/C45H80N8O8Si2.2ClH/c1-39-34-40(2)43(36-53-31-29-51(38-53)27-21-25-49-45(55)47-23-17-13-9-5-7-11-15-19-33-63(59,60)61)41(3)42(39)35-52-30-28-50(37-52)26-20-24-48-44(54)46-22-16-12-8-4-6-10-14-18-32-62(56,57)58;;/h28-31,34,37-38,56-61H,4-27,32-33,35-36H2,1-3H3,(H2-2,46,47,48,49,54,55);2*1H. The molecule has 0 saturated carbocycles. The highest BCUT2D eigenvalue weighted by atomic mass is 35.5. The number of aryl methyl sites for hydroxylation is 4. The van der Waals surface area contributed by atoms with E-state index in [2.05, 4.69) is 104 Å². The van der Waals surface area contributed by atoms with Crippen molar-refractivity contribution < 1.29 is 72.3 Å². The zero-order chi connectivity index (χ0) is 45.9. The van der Waals surface area contributed by atoms with Crippen molar-refractivity contribution in [3.63, 3.8) is 0 Å². The number of unbranched alkanes of at least 4 members (excludes halogenated alkanes) is 14. The molecule has 0 spiro atoms. The topological polar surface area (TPSA) is 221 Å². The molecule has 3 aromatic rings. The first-order chi connectivity index (χ1) is 30.1. The average molecular weight is 990 g/mol. The predicted octanol–water partition coefficient (Wildman–Crippen LogP) is -1.65. The number of hydrogen-bond acceptors (Lipinski definition) is 8. The minimum absolute atomic E-state index is 0. The fourth-order valence-electron chi connectivity index (χ4n) is 8.01. The Hall–Kier alpha value is -3.05. The maximum absolute atomic E-state index is 12.3. The molecular formula is C45H82Cl2N8O8Si2. The van der Waals surface area contributed by atoms with Gasteiger partial charge in [0.25, 0.3) is 0 Å². The van der Waals surface area contributed by atoms with Crippen LogP contribution in [-0.4, -0.2) is 93.8 Å². The number of benzene rings is 1. The van der Waals surface area contributed by atoms with Crippen LogP contribution >= 0.6 is 0 Å². The average Bonchev–Trinajstić information content (AvgIpc) is 3.87. The lowest BCUT2D eigenvalue weighted by Crippen LogP contribution is -3.00. The van der Waals surface area contributed by atoms with Crippen LogP contribution in [0.3, 0.4) is 0 Å². The van der Waals surface area contributed by atoms with Crippen molar-refractivity contribution >= 4 is 29.7 Å². The lowest BCUT2D eigenvalue weighted by Gasteiger charge is -2.15. The Morgan fingerprint density at radius 2 is 0.800 bits per heavy atom. The van der Waals surface area contributed by atoms with Gasteiger partial charge in [0.05, 0.1) is 13.1 Å². The molecule has 4 amide bonds. The van der Waals surface area contributed by atoms with Crippen molar-refractivity contribution in [3.8, 4) is 0 Å². The first-order valence-corrected chi connectivity index (χ1v) is 27.8. The predicted molar refractivity (Wildman–Crippen MR) is 248 cm³/mol. The molecule has 16 nitrogen and oxygen atoms in total. The zero-order valence-corrected chi connectivity index (χ0v) is 42.9. The van der Waals surface area contributed by atoms with Crippen molar-refractivity contribution in [1.29, 1.82) is 0 Å². The molecule has 1 aromatic carbocycles. The number of amides is 4. The molecule has 0 fully saturated rings. The van der Waals surface area contributed by atoms with Crippen LogP contribution in [0.1, 0.15) is 143 Å². The third-order valence-corrected chi connectivity index (χ3v) is 13.7. The van der Waals surface area contributed by atoms with Crippen molar-refractivity contribution in [3.05, 3.63) is 71.3 Å². The Morgan fingerprint density at radius 3 is 1.14 bits per heavy atom. The maximum Gasteiger partial charge on any atom is 0.492 e. The maximum atomic E-state index is 12.3. The molecule has 10 N–H and O–H groups in total. The Morgan fingerprint density at radius 1 is 0.492 bits per heavy atom. The van der Waals surface area contributed by atoms with Crippen LogP contribution in [-0.2, 0) is 26.2 Å². The molecule has 0 unspecified atom stereocenters. The SMILES string of the molecule is Cc1cc(C)c(C[n+]2ccn(CCCNC(=O)NCCCCCCCCCC[Si](O)(O)O)c2)c(C)c1C[n+]1ccn(CCCNC(=O)NCCCCCCCCCC[Si](O)(O)O)c1.[Cl-].[Cl-]. The smallest absolute Gasteiger partial charge is 0.492 e. The monoisotopic (exact) mass is 989 g/mol. The number of imidazole rings is 2. The summed E-state index contributed by atoms with van der Waals surface area (Å²) in [6.07, 6.45) is 30.2. The van der Waals surface area contributed by atoms with Gasteiger partial charge in [0.1, 0.15) is 37.9 Å². The van der Waals surface area contributed by atoms with E-state index in [4.69, 9.17) is 28.8 Å². The number of rotatable bonds is 34. The van der Waals surface area contributed by atoms with Crippen molar-refractivity contribution in [2.45, 2.75) is 175 Å². The number of hydrogen-bond donors (Lipinski definition) is 10. The van der Waals surface area contributed by atoms with Crippen LogP contribution in [0.2, 0.25) is 12.1 Å². The molecule has 65 heavy (non-hydrogen) atoms. The van der Waals surface area contributed by atoms with Crippen LogP contribution in [0, 0.1) is 20.8 Å². The highest BCUT2D eigenvalue weighted by molar-refractivity contribution is 6.56. The van der Waals surface area contributed by atoms with Gasteiger partial charge >= 0.3 is 29.7 Å². The van der Waals surface area contributed by atoms with E-state index < -0.39 is 17.6 Å². The second-order valence-corrected chi connectivity index (χ2v) is 21.6. The number of urea groups is 2. The summed E-state index contributed by atoms with van der Waals surface area (Å²) in [4.78, 5) is 78.8. The summed E-state index contributed by atoms with van der Waals surface area (Å²) in [5, 5.41) is 11.9. The van der Waals surface area contributed by atoms with Crippen molar-refractivity contribution in [2.24, 2.45) is 0 Å². The van der Waals surface area contributed by atoms with Gasteiger partial charge in [-0.2, -0.15) is 0 Å². The molecule has 0 aliphatic rings. The van der Waals surface area contributed by atoms with E-state index >= 15 is 0 Å². The molecule has 20 heteroatoms. The van der Waals surface area contributed by atoms with Gasteiger partial charge in [0.15, 0.2) is 0 Å². The van der Waals surface area contributed by atoms with Gasteiger partial charge in [-0.3, -0.25) is 0 Å². The molecule has 0 aliphatic heterocycles. The number of nitrogens with one attached hydrogen (secondary N) is 4. The van der Waals surface area contributed by atoms with E-state index in [1.54, 1.807) is 0 Å². The fourth-order valence-corrected chi connectivity index (χ4v) is 9.45. The number of carbonyl (C=O) groups excluding carboxylic acids is 2.